The second-order valence-corrected chi connectivity index (χ2v) is 7.04. The lowest BCUT2D eigenvalue weighted by atomic mass is 9.89. The highest BCUT2D eigenvalue weighted by Crippen LogP contribution is 2.33. The molecule has 138 valence electrons. The molecule has 0 spiro atoms. The van der Waals surface area contributed by atoms with Gasteiger partial charge in [0, 0.05) is 26.6 Å². The van der Waals surface area contributed by atoms with Crippen LogP contribution in [0.4, 0.5) is 0 Å². The number of likely N-dealkylation sites (tertiary alicyclic amines) is 1. The van der Waals surface area contributed by atoms with Gasteiger partial charge in [-0.3, -0.25) is 4.79 Å². The number of hydrogen-bond acceptors (Lipinski definition) is 6. The number of aliphatic hydroxyl groups is 1. The molecular weight excluding hydrogens is 336 g/mol. The molecule has 1 amide bonds. The molecule has 0 aliphatic carbocycles. The van der Waals surface area contributed by atoms with Gasteiger partial charge in [0.2, 0.25) is 12.7 Å². The smallest absolute Gasteiger partial charge is 0.231 e. The predicted octanol–water partition coefficient (Wildman–Crippen LogP) is 0.682. The Morgan fingerprint density at radius 1 is 1.35 bits per heavy atom. The van der Waals surface area contributed by atoms with E-state index in [-0.39, 0.29) is 19.1 Å². The lowest BCUT2D eigenvalue weighted by Crippen LogP contribution is -2.52. The van der Waals surface area contributed by atoms with Crippen LogP contribution in [0.1, 0.15) is 24.2 Å². The van der Waals surface area contributed by atoms with Gasteiger partial charge in [0.25, 0.3) is 0 Å². The van der Waals surface area contributed by atoms with Gasteiger partial charge >= 0.3 is 0 Å². The molecule has 8 heteroatoms. The second-order valence-electron chi connectivity index (χ2n) is 7.04. The summed E-state index contributed by atoms with van der Waals surface area (Å²) in [5.41, 5.74) is -0.0921. The fraction of sp³-hybridized carbons (Fsp3) is 0.500. The van der Waals surface area contributed by atoms with Crippen molar-refractivity contribution in [1.82, 2.24) is 19.7 Å². The van der Waals surface area contributed by atoms with Gasteiger partial charge in [0.15, 0.2) is 11.5 Å². The summed E-state index contributed by atoms with van der Waals surface area (Å²) in [7, 11) is 1.85. The first-order chi connectivity index (χ1) is 12.5. The fourth-order valence-corrected chi connectivity index (χ4v) is 3.57. The van der Waals surface area contributed by atoms with E-state index in [0.29, 0.717) is 37.4 Å². The quantitative estimate of drug-likeness (QED) is 0.865. The third-order valence-electron chi connectivity index (χ3n) is 4.99. The highest BCUT2D eigenvalue weighted by atomic mass is 16.7. The Bertz CT molecular complexity index is 821. The first-order valence-corrected chi connectivity index (χ1v) is 8.74. The maximum Gasteiger partial charge on any atom is 0.231 e. The summed E-state index contributed by atoms with van der Waals surface area (Å²) in [4.78, 5) is 14.5. The van der Waals surface area contributed by atoms with Gasteiger partial charge in [0.05, 0.1) is 12.0 Å². The van der Waals surface area contributed by atoms with Crippen LogP contribution >= 0.6 is 0 Å². The Kier molecular flexibility index (Phi) is 4.28. The third-order valence-corrected chi connectivity index (χ3v) is 4.99. The molecule has 2 aromatic rings. The molecule has 1 aromatic carbocycles. The summed E-state index contributed by atoms with van der Waals surface area (Å²) >= 11 is 0. The molecular formula is C18H22N4O4. The summed E-state index contributed by atoms with van der Waals surface area (Å²) < 4.78 is 12.5. The largest absolute Gasteiger partial charge is 0.454 e. The Hall–Kier alpha value is -2.61. The SMILES string of the molecule is Cn1cnnc1CC1(O)CCCN(C(=O)Cc2ccc3c(c2)OCO3)C1. The van der Waals surface area contributed by atoms with Crippen molar-refractivity contribution in [2.24, 2.45) is 7.05 Å². The lowest BCUT2D eigenvalue weighted by molar-refractivity contribution is -0.137. The van der Waals surface area contributed by atoms with Crippen LogP contribution in [0.5, 0.6) is 11.5 Å². The van der Waals surface area contributed by atoms with E-state index in [0.717, 1.165) is 17.8 Å². The summed E-state index contributed by atoms with van der Waals surface area (Å²) in [5, 5.41) is 18.9. The highest BCUT2D eigenvalue weighted by Gasteiger charge is 2.36. The average molecular weight is 358 g/mol. The first kappa shape index (κ1) is 16.8. The van der Waals surface area contributed by atoms with Crippen molar-refractivity contribution in [2.45, 2.75) is 31.3 Å². The molecule has 1 aromatic heterocycles. The van der Waals surface area contributed by atoms with Gasteiger partial charge in [-0.25, -0.2) is 0 Å². The number of piperidine rings is 1. The number of aromatic nitrogens is 3. The predicted molar refractivity (Wildman–Crippen MR) is 91.7 cm³/mol. The van der Waals surface area contributed by atoms with E-state index in [1.807, 2.05) is 25.2 Å². The van der Waals surface area contributed by atoms with Crippen LogP contribution in [0.25, 0.3) is 0 Å². The van der Waals surface area contributed by atoms with Crippen LogP contribution in [0.3, 0.4) is 0 Å². The van der Waals surface area contributed by atoms with E-state index in [4.69, 9.17) is 9.47 Å². The van der Waals surface area contributed by atoms with Crippen LogP contribution in [0.15, 0.2) is 24.5 Å². The average Bonchev–Trinajstić information content (AvgIpc) is 3.23. The van der Waals surface area contributed by atoms with Crippen LogP contribution in [0.2, 0.25) is 0 Å². The molecule has 4 rings (SSSR count). The number of nitrogens with zero attached hydrogens (tertiary/aromatic N) is 4. The molecule has 0 saturated carbocycles. The minimum Gasteiger partial charge on any atom is -0.454 e. The summed E-state index contributed by atoms with van der Waals surface area (Å²) in [6.45, 7) is 1.18. The molecule has 0 bridgehead atoms. The first-order valence-electron chi connectivity index (χ1n) is 8.74. The van der Waals surface area contributed by atoms with E-state index in [9.17, 15) is 9.90 Å². The number of rotatable bonds is 4. The van der Waals surface area contributed by atoms with Gasteiger partial charge in [-0.05, 0) is 30.5 Å². The number of amides is 1. The van der Waals surface area contributed by atoms with E-state index in [2.05, 4.69) is 10.2 Å². The number of aryl methyl sites for hydroxylation is 1. The molecule has 1 fully saturated rings. The van der Waals surface area contributed by atoms with E-state index in [1.165, 1.54) is 0 Å². The molecule has 2 aliphatic rings. The van der Waals surface area contributed by atoms with E-state index in [1.54, 1.807) is 15.8 Å². The molecule has 2 aliphatic heterocycles. The van der Waals surface area contributed by atoms with Crippen LogP contribution in [0, 0.1) is 0 Å². The Morgan fingerprint density at radius 2 is 2.19 bits per heavy atom. The molecule has 0 radical (unpaired) electrons. The summed E-state index contributed by atoms with van der Waals surface area (Å²) in [6.07, 6.45) is 3.69. The zero-order chi connectivity index (χ0) is 18.1. The van der Waals surface area contributed by atoms with E-state index >= 15 is 0 Å². The zero-order valence-corrected chi connectivity index (χ0v) is 14.7. The minimum atomic E-state index is -0.969. The van der Waals surface area contributed by atoms with Gasteiger partial charge in [-0.15, -0.1) is 10.2 Å². The third kappa shape index (κ3) is 3.37. The molecule has 26 heavy (non-hydrogen) atoms. The maximum atomic E-state index is 12.7. The van der Waals surface area contributed by atoms with Crippen LogP contribution in [-0.2, 0) is 24.7 Å². The Labute approximate surface area is 151 Å². The van der Waals surface area contributed by atoms with Crippen molar-refractivity contribution in [1.29, 1.82) is 0 Å². The molecule has 1 saturated heterocycles. The van der Waals surface area contributed by atoms with Crippen LogP contribution < -0.4 is 9.47 Å². The zero-order valence-electron chi connectivity index (χ0n) is 14.7. The molecule has 1 atom stereocenters. The highest BCUT2D eigenvalue weighted by molar-refractivity contribution is 5.79. The number of ether oxygens (including phenoxy) is 2. The normalized spacial score (nSPS) is 21.8. The van der Waals surface area contributed by atoms with Gasteiger partial charge in [-0.2, -0.15) is 0 Å². The molecule has 3 heterocycles. The molecule has 8 nitrogen and oxygen atoms in total. The number of hydrogen-bond donors (Lipinski definition) is 1. The second kappa shape index (κ2) is 6.60. The van der Waals surface area contributed by atoms with Gasteiger partial charge in [0.1, 0.15) is 12.2 Å². The van der Waals surface area contributed by atoms with Crippen molar-refractivity contribution >= 4 is 5.91 Å². The number of fused-ring (bicyclic) bond motifs is 1. The number of β-amino-alcohol motifs (C(OH)–C–C–N with tert-alkyl or cyclic N) is 1. The van der Waals surface area contributed by atoms with Crippen LogP contribution in [-0.4, -0.2) is 56.2 Å². The molecule has 1 unspecified atom stereocenters. The molecule has 1 N–H and O–H groups in total. The Morgan fingerprint density at radius 3 is 3.00 bits per heavy atom. The van der Waals surface area contributed by atoms with Crippen molar-refractivity contribution in [3.05, 3.63) is 35.9 Å². The lowest BCUT2D eigenvalue weighted by Gasteiger charge is -2.39. The van der Waals surface area contributed by atoms with Crippen molar-refractivity contribution in [3.63, 3.8) is 0 Å². The summed E-state index contributed by atoms with van der Waals surface area (Å²) in [6, 6.07) is 5.54. The van der Waals surface area contributed by atoms with Gasteiger partial charge < -0.3 is 24.0 Å². The Balaban J connectivity index is 1.42. The van der Waals surface area contributed by atoms with Crippen molar-refractivity contribution in [3.8, 4) is 11.5 Å². The topological polar surface area (TPSA) is 89.7 Å². The monoisotopic (exact) mass is 358 g/mol. The number of benzene rings is 1. The number of carbonyl (C=O) groups is 1. The van der Waals surface area contributed by atoms with E-state index < -0.39 is 5.60 Å². The minimum absolute atomic E-state index is 0.0000411. The maximum absolute atomic E-state index is 12.7. The standard InChI is InChI=1S/C18H22N4O4/c1-21-11-19-20-16(21)9-18(24)5-2-6-22(10-18)17(23)8-13-3-4-14-15(7-13)26-12-25-14/h3-4,7,11,24H,2,5-6,8-10,12H2,1H3. The van der Waals surface area contributed by atoms with Crippen molar-refractivity contribution in [2.75, 3.05) is 19.9 Å². The van der Waals surface area contributed by atoms with Gasteiger partial charge in [-0.1, -0.05) is 6.07 Å². The summed E-state index contributed by atoms with van der Waals surface area (Å²) in [5.74, 6) is 2.10. The van der Waals surface area contributed by atoms with Crippen molar-refractivity contribution < 1.29 is 19.4 Å². The fourth-order valence-electron chi connectivity index (χ4n) is 3.57. The number of carbonyl (C=O) groups excluding carboxylic acids is 1.